The second kappa shape index (κ2) is 14.5. The topological polar surface area (TPSA) is 165 Å². The van der Waals surface area contributed by atoms with Gasteiger partial charge in [-0.1, -0.05) is 6.92 Å². The van der Waals surface area contributed by atoms with E-state index >= 15 is 0 Å². The van der Waals surface area contributed by atoms with E-state index in [2.05, 4.69) is 0 Å². The van der Waals surface area contributed by atoms with Crippen LogP contribution in [0.3, 0.4) is 0 Å². The lowest BCUT2D eigenvalue weighted by molar-refractivity contribution is -0.159. The van der Waals surface area contributed by atoms with Crippen LogP contribution in [0.15, 0.2) is 24.3 Å². The van der Waals surface area contributed by atoms with Crippen LogP contribution in [0.1, 0.15) is 23.7 Å². The summed E-state index contributed by atoms with van der Waals surface area (Å²) < 4.78 is 5.48. The van der Waals surface area contributed by atoms with Gasteiger partial charge in [0.15, 0.2) is 5.78 Å². The van der Waals surface area contributed by atoms with E-state index < -0.39 is 18.0 Å². The van der Waals surface area contributed by atoms with Crippen LogP contribution in [0, 0.1) is 0 Å². The zero-order chi connectivity index (χ0) is 21.5. The smallest absolute Gasteiger partial charge is 0.414 e. The molecule has 0 aliphatic heterocycles. The quantitative estimate of drug-likeness (QED) is 0.240. The van der Waals surface area contributed by atoms with Gasteiger partial charge in [0.1, 0.15) is 18.5 Å². The first-order valence-electron chi connectivity index (χ1n) is 8.59. The molecule has 1 aromatic rings. The van der Waals surface area contributed by atoms with Crippen LogP contribution in [0.25, 0.3) is 0 Å². The first-order valence-corrected chi connectivity index (χ1v) is 8.59. The van der Waals surface area contributed by atoms with Gasteiger partial charge in [-0.15, -0.1) is 0 Å². The van der Waals surface area contributed by atoms with Gasteiger partial charge in [0.05, 0.1) is 13.2 Å². The number of ether oxygens (including phenoxy) is 1. The van der Waals surface area contributed by atoms with E-state index in [1.807, 2.05) is 6.92 Å². The molecule has 1 unspecified atom stereocenters. The standard InChI is InChI=1S/C16H25NO5.C2H2O4/c1-2-16(21)13-3-5-15(6-4-13)22-12-14(20)11-17(7-9-18)8-10-19;3-1(4)2(5)6/h3-6,14,18-20H,2,7-12H2,1H3;(H,3,4)(H,5,6). The number of nitrogens with zero attached hydrogens (tertiary/aromatic N) is 1. The minimum absolute atomic E-state index is 0.0273. The fourth-order valence-electron chi connectivity index (χ4n) is 2.06. The number of carbonyl (C=O) groups is 3. The number of aliphatic hydroxyl groups is 3. The molecule has 0 saturated heterocycles. The number of ketones is 1. The van der Waals surface area contributed by atoms with Crippen molar-refractivity contribution < 1.29 is 44.7 Å². The van der Waals surface area contributed by atoms with Gasteiger partial charge < -0.3 is 30.3 Å². The van der Waals surface area contributed by atoms with Crippen molar-refractivity contribution in [3.8, 4) is 5.75 Å². The zero-order valence-corrected chi connectivity index (χ0v) is 15.7. The summed E-state index contributed by atoms with van der Waals surface area (Å²) >= 11 is 0. The van der Waals surface area contributed by atoms with Crippen LogP contribution in [0.5, 0.6) is 5.75 Å². The minimum Gasteiger partial charge on any atom is -0.491 e. The number of carbonyl (C=O) groups excluding carboxylic acids is 1. The third-order valence-electron chi connectivity index (χ3n) is 3.42. The fourth-order valence-corrected chi connectivity index (χ4v) is 2.06. The third-order valence-corrected chi connectivity index (χ3v) is 3.42. The molecule has 1 rings (SSSR count). The molecule has 0 radical (unpaired) electrons. The Morgan fingerprint density at radius 2 is 1.50 bits per heavy atom. The molecule has 28 heavy (non-hydrogen) atoms. The van der Waals surface area contributed by atoms with Gasteiger partial charge in [-0.3, -0.25) is 9.69 Å². The predicted octanol–water partition coefficient (Wildman–Crippen LogP) is -0.539. The molecule has 5 N–H and O–H groups in total. The average molecular weight is 401 g/mol. The molecular weight excluding hydrogens is 374 g/mol. The van der Waals surface area contributed by atoms with Gasteiger partial charge in [-0.2, -0.15) is 0 Å². The van der Waals surface area contributed by atoms with Crippen molar-refractivity contribution in [2.24, 2.45) is 0 Å². The number of hydrogen-bond acceptors (Lipinski definition) is 8. The number of aliphatic hydroxyl groups excluding tert-OH is 3. The highest BCUT2D eigenvalue weighted by Gasteiger charge is 2.12. The summed E-state index contributed by atoms with van der Waals surface area (Å²) in [6.45, 7) is 2.97. The molecule has 0 spiro atoms. The molecule has 10 heteroatoms. The highest BCUT2D eigenvalue weighted by Crippen LogP contribution is 2.13. The van der Waals surface area contributed by atoms with Crippen LogP contribution in [-0.4, -0.2) is 93.7 Å². The van der Waals surface area contributed by atoms with Crippen LogP contribution in [0.2, 0.25) is 0 Å². The van der Waals surface area contributed by atoms with Gasteiger partial charge in [0, 0.05) is 31.6 Å². The molecule has 0 saturated carbocycles. The maximum absolute atomic E-state index is 11.5. The lowest BCUT2D eigenvalue weighted by Crippen LogP contribution is -2.38. The summed E-state index contributed by atoms with van der Waals surface area (Å²) in [4.78, 5) is 31.5. The summed E-state index contributed by atoms with van der Waals surface area (Å²) in [6.07, 6.45) is -0.264. The second-order valence-corrected chi connectivity index (χ2v) is 5.62. The molecule has 0 aliphatic rings. The molecule has 0 amide bonds. The number of benzene rings is 1. The highest BCUT2D eigenvalue weighted by atomic mass is 16.5. The number of hydrogen-bond donors (Lipinski definition) is 5. The van der Waals surface area contributed by atoms with E-state index in [9.17, 15) is 9.90 Å². The second-order valence-electron chi connectivity index (χ2n) is 5.62. The molecule has 158 valence electrons. The van der Waals surface area contributed by atoms with Crippen molar-refractivity contribution in [3.05, 3.63) is 29.8 Å². The Balaban J connectivity index is 0.00000105. The van der Waals surface area contributed by atoms with Gasteiger partial charge in [-0.25, -0.2) is 9.59 Å². The molecule has 0 aliphatic carbocycles. The summed E-state index contributed by atoms with van der Waals surface area (Å²) in [5.74, 6) is -2.98. The lowest BCUT2D eigenvalue weighted by atomic mass is 10.1. The molecule has 0 bridgehead atoms. The summed E-state index contributed by atoms with van der Waals surface area (Å²) in [5.41, 5.74) is 0.646. The van der Waals surface area contributed by atoms with E-state index in [-0.39, 0.29) is 25.6 Å². The molecule has 1 aromatic carbocycles. The monoisotopic (exact) mass is 401 g/mol. The highest BCUT2D eigenvalue weighted by molar-refractivity contribution is 6.27. The van der Waals surface area contributed by atoms with Crippen LogP contribution >= 0.6 is 0 Å². The molecule has 0 aromatic heterocycles. The van der Waals surface area contributed by atoms with Crippen molar-refractivity contribution in [2.45, 2.75) is 19.4 Å². The van der Waals surface area contributed by atoms with E-state index in [4.69, 9.17) is 34.8 Å². The summed E-state index contributed by atoms with van der Waals surface area (Å²) in [7, 11) is 0. The van der Waals surface area contributed by atoms with Crippen molar-refractivity contribution >= 4 is 17.7 Å². The fraction of sp³-hybridized carbons (Fsp3) is 0.500. The zero-order valence-electron chi connectivity index (χ0n) is 15.7. The van der Waals surface area contributed by atoms with E-state index in [1.54, 1.807) is 29.2 Å². The van der Waals surface area contributed by atoms with Crippen molar-refractivity contribution in [2.75, 3.05) is 39.5 Å². The molecular formula is C18H27NO9. The van der Waals surface area contributed by atoms with Crippen molar-refractivity contribution in [1.82, 2.24) is 4.90 Å². The number of Topliss-reactive ketones (excluding diaryl/α,β-unsaturated/α-hetero) is 1. The number of aliphatic carboxylic acids is 2. The van der Waals surface area contributed by atoms with Gasteiger partial charge in [-0.05, 0) is 24.3 Å². The summed E-state index contributed by atoms with van der Waals surface area (Å²) in [6, 6.07) is 6.82. The van der Waals surface area contributed by atoms with E-state index in [1.165, 1.54) is 0 Å². The van der Waals surface area contributed by atoms with Gasteiger partial charge in [0.25, 0.3) is 0 Å². The Hall–Kier alpha value is -2.53. The largest absolute Gasteiger partial charge is 0.491 e. The molecule has 0 fully saturated rings. The summed E-state index contributed by atoms with van der Waals surface area (Å²) in [5, 5.41) is 42.5. The maximum Gasteiger partial charge on any atom is 0.414 e. The Morgan fingerprint density at radius 1 is 1.00 bits per heavy atom. The van der Waals surface area contributed by atoms with Crippen LogP contribution < -0.4 is 4.74 Å². The third kappa shape index (κ3) is 11.2. The Bertz CT molecular complexity index is 586. The van der Waals surface area contributed by atoms with Gasteiger partial charge >= 0.3 is 11.9 Å². The number of carboxylic acids is 2. The first kappa shape index (κ1) is 25.5. The number of rotatable bonds is 11. The maximum atomic E-state index is 11.5. The van der Waals surface area contributed by atoms with Crippen LogP contribution in [-0.2, 0) is 9.59 Å². The Labute approximate surface area is 162 Å². The van der Waals surface area contributed by atoms with Crippen LogP contribution in [0.4, 0.5) is 0 Å². The minimum atomic E-state index is -1.82. The Kier molecular flexibility index (Phi) is 13.2. The first-order chi connectivity index (χ1) is 13.2. The van der Waals surface area contributed by atoms with Gasteiger partial charge in [0.2, 0.25) is 0 Å². The van der Waals surface area contributed by atoms with Crippen molar-refractivity contribution in [3.63, 3.8) is 0 Å². The molecule has 1 atom stereocenters. The van der Waals surface area contributed by atoms with Crippen molar-refractivity contribution in [1.29, 1.82) is 0 Å². The van der Waals surface area contributed by atoms with E-state index in [0.29, 0.717) is 37.4 Å². The predicted molar refractivity (Wildman–Crippen MR) is 98.4 cm³/mol. The Morgan fingerprint density at radius 3 is 1.89 bits per heavy atom. The average Bonchev–Trinajstić information content (AvgIpc) is 2.67. The normalized spacial score (nSPS) is 11.3. The van der Waals surface area contributed by atoms with E-state index in [0.717, 1.165) is 0 Å². The molecule has 10 nitrogen and oxygen atoms in total. The lowest BCUT2D eigenvalue weighted by Gasteiger charge is -2.23. The molecule has 0 heterocycles. The number of carboxylic acid groups (broad SMARTS) is 2. The SMILES string of the molecule is CCC(=O)c1ccc(OCC(O)CN(CCO)CCO)cc1.O=C(O)C(=O)O.